The van der Waals surface area contributed by atoms with E-state index in [9.17, 15) is 0 Å². The number of hydrogen-bond acceptors (Lipinski definition) is 3. The lowest BCUT2D eigenvalue weighted by molar-refractivity contribution is 0.912. The van der Waals surface area contributed by atoms with Crippen LogP contribution in [0, 0.1) is 0 Å². The number of para-hydroxylation sites is 2. The molecule has 4 nitrogen and oxygen atoms in total. The van der Waals surface area contributed by atoms with Crippen LogP contribution in [0.25, 0.3) is 16.6 Å². The Morgan fingerprint density at radius 1 is 0.957 bits per heavy atom. The van der Waals surface area contributed by atoms with E-state index < -0.39 is 0 Å². The van der Waals surface area contributed by atoms with Crippen LogP contribution in [0.1, 0.15) is 17.5 Å². The summed E-state index contributed by atoms with van der Waals surface area (Å²) >= 11 is 0. The summed E-state index contributed by atoms with van der Waals surface area (Å²) in [4.78, 5) is 9.09. The highest BCUT2D eigenvalue weighted by Crippen LogP contribution is 2.28. The number of aryl methyl sites for hydroxylation is 2. The standard InChI is InChI=1S/C19H16N4/c1-2-7-17-16(6-1)22-19(18-11-20-12-23(17)18)21-15-9-8-13-4-3-5-14(13)10-15/h1-2,6-12H,3-5H2,(H,21,22). The minimum Gasteiger partial charge on any atom is -0.338 e. The van der Waals surface area contributed by atoms with Gasteiger partial charge in [-0.15, -0.1) is 0 Å². The summed E-state index contributed by atoms with van der Waals surface area (Å²) in [5.74, 6) is 0.846. The molecule has 0 fully saturated rings. The van der Waals surface area contributed by atoms with Crippen molar-refractivity contribution in [3.63, 3.8) is 0 Å². The van der Waals surface area contributed by atoms with Crippen molar-refractivity contribution in [3.8, 4) is 0 Å². The molecule has 0 bridgehead atoms. The molecule has 0 aliphatic heterocycles. The zero-order valence-corrected chi connectivity index (χ0v) is 12.7. The van der Waals surface area contributed by atoms with Gasteiger partial charge in [0.2, 0.25) is 0 Å². The zero-order valence-electron chi connectivity index (χ0n) is 12.7. The molecule has 2 heterocycles. The summed E-state index contributed by atoms with van der Waals surface area (Å²) in [7, 11) is 0. The van der Waals surface area contributed by atoms with Gasteiger partial charge in [-0.2, -0.15) is 0 Å². The molecule has 0 saturated carbocycles. The van der Waals surface area contributed by atoms with Crippen molar-refractivity contribution < 1.29 is 0 Å². The molecule has 0 spiro atoms. The van der Waals surface area contributed by atoms with Crippen molar-refractivity contribution in [2.45, 2.75) is 19.3 Å². The van der Waals surface area contributed by atoms with E-state index >= 15 is 0 Å². The number of nitrogens with one attached hydrogen (secondary N) is 1. The first-order chi connectivity index (χ1) is 11.4. The van der Waals surface area contributed by atoms with Gasteiger partial charge >= 0.3 is 0 Å². The van der Waals surface area contributed by atoms with E-state index in [1.165, 1.54) is 30.4 Å². The summed E-state index contributed by atoms with van der Waals surface area (Å²) in [6.07, 6.45) is 7.34. The van der Waals surface area contributed by atoms with Gasteiger partial charge < -0.3 is 5.32 Å². The van der Waals surface area contributed by atoms with E-state index in [1.807, 2.05) is 30.7 Å². The Balaban J connectivity index is 1.65. The maximum absolute atomic E-state index is 4.79. The van der Waals surface area contributed by atoms with Crippen LogP contribution < -0.4 is 5.32 Å². The lowest BCUT2D eigenvalue weighted by atomic mass is 10.1. The van der Waals surface area contributed by atoms with Crippen LogP contribution in [-0.4, -0.2) is 14.4 Å². The quantitative estimate of drug-likeness (QED) is 0.605. The Morgan fingerprint density at radius 3 is 2.87 bits per heavy atom. The highest BCUT2D eigenvalue weighted by atomic mass is 15.1. The average molecular weight is 300 g/mol. The van der Waals surface area contributed by atoms with Gasteiger partial charge in [-0.25, -0.2) is 9.97 Å². The van der Waals surface area contributed by atoms with Gasteiger partial charge in [0.25, 0.3) is 0 Å². The van der Waals surface area contributed by atoms with Gasteiger partial charge in [0.05, 0.1) is 23.6 Å². The van der Waals surface area contributed by atoms with Crippen molar-refractivity contribution in [1.29, 1.82) is 0 Å². The maximum Gasteiger partial charge on any atom is 0.157 e. The van der Waals surface area contributed by atoms with Crippen molar-refractivity contribution >= 4 is 28.1 Å². The molecule has 4 heteroatoms. The molecular weight excluding hydrogens is 284 g/mol. The summed E-state index contributed by atoms with van der Waals surface area (Å²) < 4.78 is 2.08. The number of benzene rings is 2. The van der Waals surface area contributed by atoms with Crippen LogP contribution in [0.15, 0.2) is 55.0 Å². The highest BCUT2D eigenvalue weighted by molar-refractivity contribution is 5.85. The molecule has 0 unspecified atom stereocenters. The van der Waals surface area contributed by atoms with Gasteiger partial charge in [0.1, 0.15) is 5.52 Å². The van der Waals surface area contributed by atoms with Crippen LogP contribution in [0.4, 0.5) is 11.5 Å². The SMILES string of the molecule is c1ccc2c(c1)nc(Nc1ccc3c(c1)CCC3)c1cncn12. The van der Waals surface area contributed by atoms with Gasteiger partial charge in [-0.3, -0.25) is 4.40 Å². The first-order valence-electron chi connectivity index (χ1n) is 7.98. The fourth-order valence-electron chi connectivity index (χ4n) is 3.48. The Labute approximate surface area is 133 Å². The van der Waals surface area contributed by atoms with Gasteiger partial charge in [0, 0.05) is 5.69 Å². The number of fused-ring (bicyclic) bond motifs is 4. The predicted octanol–water partition coefficient (Wildman–Crippen LogP) is 4.11. The second kappa shape index (κ2) is 4.81. The molecule has 112 valence electrons. The molecule has 23 heavy (non-hydrogen) atoms. The number of anilines is 2. The number of imidazole rings is 1. The Morgan fingerprint density at radius 2 is 1.87 bits per heavy atom. The van der Waals surface area contributed by atoms with Crippen LogP contribution in [0.5, 0.6) is 0 Å². The largest absolute Gasteiger partial charge is 0.338 e. The van der Waals surface area contributed by atoms with E-state index in [0.717, 1.165) is 28.1 Å². The lowest BCUT2D eigenvalue weighted by Crippen LogP contribution is -1.99. The monoisotopic (exact) mass is 300 g/mol. The molecule has 0 radical (unpaired) electrons. The van der Waals surface area contributed by atoms with E-state index in [0.29, 0.717) is 0 Å². The Bertz CT molecular complexity index is 1030. The number of rotatable bonds is 2. The molecule has 0 atom stereocenters. The molecule has 0 saturated heterocycles. The smallest absolute Gasteiger partial charge is 0.157 e. The average Bonchev–Trinajstić information content (AvgIpc) is 3.24. The molecule has 1 aliphatic rings. The van der Waals surface area contributed by atoms with Crippen molar-refractivity contribution in [1.82, 2.24) is 14.4 Å². The van der Waals surface area contributed by atoms with Crippen molar-refractivity contribution in [3.05, 3.63) is 66.1 Å². The van der Waals surface area contributed by atoms with E-state index in [2.05, 4.69) is 39.0 Å². The fraction of sp³-hybridized carbons (Fsp3) is 0.158. The van der Waals surface area contributed by atoms with Crippen LogP contribution >= 0.6 is 0 Å². The minimum atomic E-state index is 0.846. The van der Waals surface area contributed by atoms with Crippen LogP contribution in [-0.2, 0) is 12.8 Å². The third kappa shape index (κ3) is 1.99. The molecule has 0 amide bonds. The van der Waals surface area contributed by atoms with Crippen LogP contribution in [0.3, 0.4) is 0 Å². The summed E-state index contributed by atoms with van der Waals surface area (Å²) in [5.41, 5.74) is 7.05. The molecule has 1 aliphatic carbocycles. The lowest BCUT2D eigenvalue weighted by Gasteiger charge is -2.11. The topological polar surface area (TPSA) is 42.2 Å². The number of hydrogen-bond donors (Lipinski definition) is 1. The minimum absolute atomic E-state index is 0.846. The maximum atomic E-state index is 4.79. The summed E-state index contributed by atoms with van der Waals surface area (Å²) in [6.45, 7) is 0. The van der Waals surface area contributed by atoms with Gasteiger partial charge in [-0.1, -0.05) is 18.2 Å². The predicted molar refractivity (Wildman–Crippen MR) is 92.2 cm³/mol. The third-order valence-electron chi connectivity index (χ3n) is 4.62. The number of nitrogens with zero attached hydrogens (tertiary/aromatic N) is 3. The third-order valence-corrected chi connectivity index (χ3v) is 4.62. The highest BCUT2D eigenvalue weighted by Gasteiger charge is 2.12. The molecule has 5 rings (SSSR count). The van der Waals surface area contributed by atoms with Crippen molar-refractivity contribution in [2.24, 2.45) is 0 Å². The fourth-order valence-corrected chi connectivity index (χ4v) is 3.48. The second-order valence-electron chi connectivity index (χ2n) is 6.06. The number of aromatic nitrogens is 3. The van der Waals surface area contributed by atoms with E-state index in [-0.39, 0.29) is 0 Å². The van der Waals surface area contributed by atoms with Crippen LogP contribution in [0.2, 0.25) is 0 Å². The Kier molecular flexibility index (Phi) is 2.65. The first-order valence-corrected chi connectivity index (χ1v) is 7.98. The Hall–Kier alpha value is -2.88. The second-order valence-corrected chi connectivity index (χ2v) is 6.06. The normalized spacial score (nSPS) is 13.6. The molecule has 2 aromatic heterocycles. The van der Waals surface area contributed by atoms with Crippen molar-refractivity contribution in [2.75, 3.05) is 5.32 Å². The van der Waals surface area contributed by atoms with E-state index in [4.69, 9.17) is 4.98 Å². The first kappa shape index (κ1) is 12.6. The van der Waals surface area contributed by atoms with Gasteiger partial charge in [-0.05, 0) is 54.7 Å². The molecule has 1 N–H and O–H groups in total. The summed E-state index contributed by atoms with van der Waals surface area (Å²) in [6, 6.07) is 14.8. The molecule has 2 aromatic carbocycles. The van der Waals surface area contributed by atoms with Gasteiger partial charge in [0.15, 0.2) is 5.82 Å². The zero-order chi connectivity index (χ0) is 15.2. The molecular formula is C19H16N4. The van der Waals surface area contributed by atoms with E-state index in [1.54, 1.807) is 0 Å². The summed E-state index contributed by atoms with van der Waals surface area (Å²) in [5, 5.41) is 3.48. The molecule has 4 aromatic rings.